The first-order valence-electron chi connectivity index (χ1n) is 5.34. The van der Waals surface area contributed by atoms with Gasteiger partial charge in [-0.3, -0.25) is 0 Å². The van der Waals surface area contributed by atoms with Gasteiger partial charge in [0, 0.05) is 4.88 Å². The van der Waals surface area contributed by atoms with Crippen molar-refractivity contribution in [3.63, 3.8) is 0 Å². The lowest BCUT2D eigenvalue weighted by Gasteiger charge is -2.17. The Morgan fingerprint density at radius 2 is 2.44 bits per heavy atom. The summed E-state index contributed by atoms with van der Waals surface area (Å²) in [5.41, 5.74) is 0. The maximum atomic E-state index is 11.0. The summed E-state index contributed by atoms with van der Waals surface area (Å²) in [7, 11) is 0. The summed E-state index contributed by atoms with van der Waals surface area (Å²) < 4.78 is 5.71. The number of rotatable bonds is 3. The van der Waals surface area contributed by atoms with Crippen molar-refractivity contribution in [1.82, 2.24) is 0 Å². The van der Waals surface area contributed by atoms with Gasteiger partial charge in [-0.2, -0.15) is 0 Å². The van der Waals surface area contributed by atoms with E-state index in [0.717, 1.165) is 24.1 Å². The number of carboxylic acid groups (broad SMARTS) is 1. The zero-order valence-electron chi connectivity index (χ0n) is 9.10. The third-order valence-corrected chi connectivity index (χ3v) is 3.52. The molecule has 86 valence electrons. The van der Waals surface area contributed by atoms with Gasteiger partial charge in [-0.05, 0) is 38.3 Å². The van der Waals surface area contributed by atoms with Gasteiger partial charge < -0.3 is 9.84 Å². The molecule has 3 nitrogen and oxygen atoms in total. The van der Waals surface area contributed by atoms with Crippen LogP contribution in [0.15, 0.2) is 18.2 Å². The minimum absolute atomic E-state index is 0.0286. The molecule has 0 aromatic carbocycles. The number of hydrogen-bond acceptors (Lipinski definition) is 3. The molecule has 0 aliphatic heterocycles. The Morgan fingerprint density at radius 1 is 1.62 bits per heavy atom. The van der Waals surface area contributed by atoms with Gasteiger partial charge in [0.25, 0.3) is 0 Å². The van der Waals surface area contributed by atoms with Crippen molar-refractivity contribution in [2.75, 3.05) is 0 Å². The molecule has 0 saturated heterocycles. The summed E-state index contributed by atoms with van der Waals surface area (Å²) >= 11 is 1.26. The number of allylic oxidation sites excluding steroid dienone is 1. The Bertz CT molecular complexity index is 420. The number of aromatic carboxylic acids is 1. The van der Waals surface area contributed by atoms with Gasteiger partial charge >= 0.3 is 5.97 Å². The maximum Gasteiger partial charge on any atom is 0.349 e. The van der Waals surface area contributed by atoms with E-state index in [2.05, 4.69) is 6.08 Å². The van der Waals surface area contributed by atoms with Crippen LogP contribution in [0, 0.1) is 6.92 Å². The van der Waals surface area contributed by atoms with Crippen LogP contribution in [0.3, 0.4) is 0 Å². The van der Waals surface area contributed by atoms with Crippen molar-refractivity contribution in [2.24, 2.45) is 0 Å². The lowest BCUT2D eigenvalue weighted by molar-refractivity contribution is 0.0696. The lowest BCUT2D eigenvalue weighted by atomic mass is 10.1. The molecule has 16 heavy (non-hydrogen) atoms. The van der Waals surface area contributed by atoms with Crippen molar-refractivity contribution in [3.8, 4) is 5.75 Å². The van der Waals surface area contributed by atoms with Crippen LogP contribution in [0.1, 0.15) is 33.8 Å². The number of carbonyl (C=O) groups is 1. The van der Waals surface area contributed by atoms with Crippen LogP contribution in [0.2, 0.25) is 0 Å². The number of carboxylic acids is 1. The number of hydrogen-bond donors (Lipinski definition) is 1. The van der Waals surface area contributed by atoms with Crippen LogP contribution in [0.25, 0.3) is 0 Å². The van der Waals surface area contributed by atoms with E-state index in [1.165, 1.54) is 11.3 Å². The Morgan fingerprint density at radius 3 is 3.06 bits per heavy atom. The topological polar surface area (TPSA) is 46.5 Å². The van der Waals surface area contributed by atoms with E-state index in [4.69, 9.17) is 9.84 Å². The van der Waals surface area contributed by atoms with E-state index in [9.17, 15) is 4.79 Å². The van der Waals surface area contributed by atoms with E-state index < -0.39 is 5.97 Å². The molecule has 0 amide bonds. The molecule has 1 aliphatic carbocycles. The molecular weight excluding hydrogens is 224 g/mol. The van der Waals surface area contributed by atoms with Gasteiger partial charge in [0.1, 0.15) is 11.9 Å². The fourth-order valence-electron chi connectivity index (χ4n) is 1.77. The van der Waals surface area contributed by atoms with Crippen LogP contribution in [-0.4, -0.2) is 17.2 Å². The van der Waals surface area contributed by atoms with Gasteiger partial charge in [0.2, 0.25) is 0 Å². The molecule has 0 fully saturated rings. The molecule has 0 saturated carbocycles. The first kappa shape index (κ1) is 11.2. The number of aryl methyl sites for hydroxylation is 1. The predicted octanol–water partition coefficient (Wildman–Crippen LogP) is 3.24. The summed E-state index contributed by atoms with van der Waals surface area (Å²) in [6.07, 6.45) is 7.29. The Hall–Kier alpha value is -1.29. The summed E-state index contributed by atoms with van der Waals surface area (Å²) in [6.45, 7) is 1.89. The van der Waals surface area contributed by atoms with Crippen molar-refractivity contribution in [1.29, 1.82) is 0 Å². The van der Waals surface area contributed by atoms with E-state index in [1.54, 1.807) is 6.07 Å². The molecule has 1 unspecified atom stereocenters. The highest BCUT2D eigenvalue weighted by molar-refractivity contribution is 7.14. The van der Waals surface area contributed by atoms with Crippen molar-refractivity contribution < 1.29 is 14.6 Å². The molecular formula is C12H14O3S. The van der Waals surface area contributed by atoms with Gasteiger partial charge in [-0.15, -0.1) is 11.3 Å². The fraction of sp³-hybridized carbons (Fsp3) is 0.417. The number of ether oxygens (including phenoxy) is 1. The standard InChI is InChI=1S/C12H14O3S/c1-8-7-10(11(16-8)12(13)14)15-9-5-3-2-4-6-9/h3,5,7,9H,2,4,6H2,1H3,(H,13,14). The Kier molecular flexibility index (Phi) is 3.29. The Labute approximate surface area is 98.4 Å². The van der Waals surface area contributed by atoms with Crippen LogP contribution in [0.4, 0.5) is 0 Å². The van der Waals surface area contributed by atoms with E-state index >= 15 is 0 Å². The molecule has 1 N–H and O–H groups in total. The smallest absolute Gasteiger partial charge is 0.349 e. The minimum atomic E-state index is -0.909. The highest BCUT2D eigenvalue weighted by atomic mass is 32.1. The maximum absolute atomic E-state index is 11.0. The summed E-state index contributed by atoms with van der Waals surface area (Å²) in [5.74, 6) is -0.403. The fourth-order valence-corrected chi connectivity index (χ4v) is 2.55. The normalized spacial score (nSPS) is 19.7. The first-order valence-corrected chi connectivity index (χ1v) is 6.15. The average molecular weight is 238 g/mol. The summed E-state index contributed by atoms with van der Waals surface area (Å²) in [5, 5.41) is 9.02. The SMILES string of the molecule is Cc1cc(OC2C=CCCC2)c(C(=O)O)s1. The second-order valence-electron chi connectivity index (χ2n) is 3.87. The van der Waals surface area contributed by atoms with Gasteiger partial charge in [-0.1, -0.05) is 6.08 Å². The molecule has 1 aromatic rings. The first-order chi connectivity index (χ1) is 7.66. The molecule has 1 aromatic heterocycles. The monoisotopic (exact) mass is 238 g/mol. The molecule has 0 spiro atoms. The van der Waals surface area contributed by atoms with Crippen molar-refractivity contribution in [2.45, 2.75) is 32.3 Å². The van der Waals surface area contributed by atoms with Gasteiger partial charge in [0.05, 0.1) is 0 Å². The van der Waals surface area contributed by atoms with E-state index in [1.807, 2.05) is 13.0 Å². The number of thiophene rings is 1. The summed E-state index contributed by atoms with van der Waals surface area (Å²) in [6, 6.07) is 1.80. The predicted molar refractivity (Wildman–Crippen MR) is 63.4 cm³/mol. The average Bonchev–Trinajstić information content (AvgIpc) is 2.61. The molecule has 1 heterocycles. The highest BCUT2D eigenvalue weighted by Crippen LogP contribution is 2.31. The van der Waals surface area contributed by atoms with Crippen LogP contribution < -0.4 is 4.74 Å². The van der Waals surface area contributed by atoms with Gasteiger partial charge in [0.15, 0.2) is 4.88 Å². The molecule has 1 atom stereocenters. The molecule has 0 bridgehead atoms. The summed E-state index contributed by atoms with van der Waals surface area (Å²) in [4.78, 5) is 12.3. The zero-order valence-corrected chi connectivity index (χ0v) is 9.92. The van der Waals surface area contributed by atoms with Crippen LogP contribution >= 0.6 is 11.3 Å². The quantitative estimate of drug-likeness (QED) is 0.822. The van der Waals surface area contributed by atoms with Crippen LogP contribution in [-0.2, 0) is 0 Å². The third kappa shape index (κ3) is 2.44. The van der Waals surface area contributed by atoms with Gasteiger partial charge in [-0.25, -0.2) is 4.79 Å². The van der Waals surface area contributed by atoms with Crippen molar-refractivity contribution >= 4 is 17.3 Å². The molecule has 4 heteroatoms. The zero-order chi connectivity index (χ0) is 11.5. The minimum Gasteiger partial charge on any atom is -0.485 e. The highest BCUT2D eigenvalue weighted by Gasteiger charge is 2.18. The molecule has 2 rings (SSSR count). The van der Waals surface area contributed by atoms with Crippen molar-refractivity contribution in [3.05, 3.63) is 28.0 Å². The second-order valence-corrected chi connectivity index (χ2v) is 5.13. The van der Waals surface area contributed by atoms with E-state index in [0.29, 0.717) is 10.6 Å². The van der Waals surface area contributed by atoms with Crippen LogP contribution in [0.5, 0.6) is 5.75 Å². The molecule has 0 radical (unpaired) electrons. The third-order valence-electron chi connectivity index (χ3n) is 2.50. The Balaban J connectivity index is 2.16. The lowest BCUT2D eigenvalue weighted by Crippen LogP contribution is -2.16. The largest absolute Gasteiger partial charge is 0.485 e. The molecule has 1 aliphatic rings. The second kappa shape index (κ2) is 4.70. The van der Waals surface area contributed by atoms with E-state index in [-0.39, 0.29) is 6.10 Å².